The van der Waals surface area contributed by atoms with Gasteiger partial charge in [-0.3, -0.25) is 9.59 Å². The molecular formula is C117H150ClN3O27S. The number of methoxy groups -OCH3 is 12. The van der Waals surface area contributed by atoms with Gasteiger partial charge in [-0.15, -0.1) is 0 Å². The molecule has 2 fully saturated rings. The Kier molecular flexibility index (Phi) is 63.9. The molecule has 0 unspecified atom stereocenters. The van der Waals surface area contributed by atoms with E-state index in [1.807, 2.05) is 255 Å². The number of piperidine rings is 2. The normalized spacial score (nSPS) is 11.3. The number of sulfonamides is 1. The van der Waals surface area contributed by atoms with Crippen LogP contribution in [0, 0.1) is 11.8 Å². The highest BCUT2D eigenvalue weighted by Gasteiger charge is 2.26. The highest BCUT2D eigenvalue weighted by atomic mass is 35.5. The Morgan fingerprint density at radius 2 is 0.718 bits per heavy atom. The topological polar surface area (TPSA) is 320 Å². The number of benzene rings is 12. The minimum Gasteiger partial charge on any atom is -0.504 e. The Bertz CT molecular complexity index is 5750. The molecule has 12 aromatic rings. The lowest BCUT2D eigenvalue weighted by Crippen LogP contribution is -2.39. The molecule has 0 bridgehead atoms. The summed E-state index contributed by atoms with van der Waals surface area (Å²) < 4.78 is 129. The fraction of sp³-hybridized carbons (Fsp3) is 0.342. The Balaban J connectivity index is 0.000000344. The zero-order valence-electron chi connectivity index (χ0n) is 89.5. The van der Waals surface area contributed by atoms with E-state index in [0.717, 1.165) is 145 Å². The van der Waals surface area contributed by atoms with Crippen LogP contribution in [0.4, 0.5) is 0 Å². The first-order valence-electron chi connectivity index (χ1n) is 48.2. The van der Waals surface area contributed by atoms with Crippen molar-refractivity contribution in [1.82, 2.24) is 14.1 Å². The van der Waals surface area contributed by atoms with Crippen LogP contribution in [-0.2, 0) is 24.4 Å². The standard InChI is InChI=1S/C14H21NO4S.C14H19NO3.C13H12O2.C12H18O2.C12H16O2.C11H15NO3.C10H14O2.C9H10O4.C8H10O2.C7H7ClO.C7H8O2/c1-18-13-4-3-5-14(10-13)19-11-12-6-8-15(9-7-12)20(2,16)17;1-17-12-7-3-4-8-13(12)18-11-14(16)15-9-5-2-6-10-15;1-14-12-9-5-6-10-13(12)15-11-7-3-2-4-8-11;2*1-10(2)8-9-14-12-7-5-4-6-11(12)13-3;1-12(2)11(13)8-15-10-7-5-4-6-9(10)14-3;1-3-8-12-10-7-5-4-6-9(10)11-2;1-12-7-4-2-3-5-8(7)13-6-9(10)11;1-9-7-5-3-4-6-8(7)10-2;2*1-9-7-5-3-2-4-6(7)8/h3-5,10,12H,6-9,11H2,1-2H3;3-4,7-8H,2,5-6,9-11H2,1H3;2-10H,1H3;4-7,10H,8-9H2,1-3H3;4-8H,9H2,1-3H3;4-7H,8H2,1-3H3;4-7H,3,8H2,1-2H3;2-5H,6H2,1H3,(H,10,11);3-6H,1-2H3;2-5H,1H3;2-5,8H,1H3. The Morgan fingerprint density at radius 3 is 1.08 bits per heavy atom. The molecule has 32 heteroatoms. The molecule has 0 aliphatic carbocycles. The highest BCUT2D eigenvalue weighted by Crippen LogP contribution is 2.35. The average molecular weight is 2100 g/mol. The third kappa shape index (κ3) is 52.1. The number of aromatic hydroxyl groups is 1. The maximum Gasteiger partial charge on any atom is 0.341 e. The molecule has 0 spiro atoms. The van der Waals surface area contributed by atoms with E-state index in [0.29, 0.717) is 83.4 Å². The number of hydrogen-bond acceptors (Lipinski definition) is 26. The van der Waals surface area contributed by atoms with Crippen LogP contribution in [0.3, 0.4) is 0 Å². The molecule has 30 nitrogen and oxygen atoms in total. The number of likely N-dealkylation sites (tertiary alicyclic amines) is 1. The SMILES string of the molecule is CCCOc1ccccc1OC.COc1cccc(OCC2CCN(S(C)(=O)=O)CC2)c1.COc1ccccc1Cl.COc1ccccc1O.COc1ccccc1OC.COc1ccccc1OCC(=O)N(C)C.COc1ccccc1OCC(=O)N1CCCCC1.COc1ccccc1OCC(=O)O.COc1ccccc1OCC=C(C)C.COc1ccccc1OCCC(C)C.COc1ccccc1Oc1ccccc1. The molecule has 2 amide bonds. The number of allylic oxidation sites excluding steroid dienone is 1. The second-order valence-electron chi connectivity index (χ2n) is 32.7. The Morgan fingerprint density at radius 1 is 0.383 bits per heavy atom. The van der Waals surface area contributed by atoms with Crippen LogP contribution in [0.5, 0.6) is 126 Å². The van der Waals surface area contributed by atoms with Crippen molar-refractivity contribution in [1.29, 1.82) is 0 Å². The number of hydrogen-bond donors (Lipinski definition) is 2. The number of phenolic OH excluding ortho intramolecular Hbond substituents is 1. The molecule has 0 radical (unpaired) electrons. The van der Waals surface area contributed by atoms with Gasteiger partial charge in [0.25, 0.3) is 11.8 Å². The summed E-state index contributed by atoms with van der Waals surface area (Å²) in [7, 11) is 19.6. The van der Waals surface area contributed by atoms with Gasteiger partial charge in [0.05, 0.1) is 116 Å². The number of ether oxygens (including phenoxy) is 20. The largest absolute Gasteiger partial charge is 0.504 e. The van der Waals surface area contributed by atoms with Gasteiger partial charge in [-0.1, -0.05) is 184 Å². The lowest BCUT2D eigenvalue weighted by molar-refractivity contribution is -0.139. The van der Waals surface area contributed by atoms with Gasteiger partial charge in [0, 0.05) is 46.3 Å². The summed E-state index contributed by atoms with van der Waals surface area (Å²) in [6, 6.07) is 91.0. The Labute approximate surface area is 886 Å². The van der Waals surface area contributed by atoms with Gasteiger partial charge < -0.3 is 115 Å². The van der Waals surface area contributed by atoms with Crippen molar-refractivity contribution in [3.8, 4) is 126 Å². The van der Waals surface area contributed by atoms with Crippen molar-refractivity contribution in [2.75, 3.05) is 178 Å². The second-order valence-corrected chi connectivity index (χ2v) is 35.1. The molecule has 12 aromatic carbocycles. The van der Waals surface area contributed by atoms with Crippen LogP contribution in [0.25, 0.3) is 0 Å². The molecule has 0 atom stereocenters. The van der Waals surface area contributed by atoms with Crippen molar-refractivity contribution >= 4 is 39.4 Å². The van der Waals surface area contributed by atoms with Gasteiger partial charge in [0.2, 0.25) is 10.0 Å². The van der Waals surface area contributed by atoms with Crippen LogP contribution in [0.2, 0.25) is 5.02 Å². The predicted molar refractivity (Wildman–Crippen MR) is 586 cm³/mol. The number of carbonyl (C=O) groups excluding carboxylic acids is 2. The molecule has 2 saturated heterocycles. The van der Waals surface area contributed by atoms with Gasteiger partial charge in [-0.2, -0.15) is 0 Å². The number of amides is 2. The number of carbonyl (C=O) groups is 3. The molecule has 2 N–H and O–H groups in total. The number of carboxylic acid groups (broad SMARTS) is 1. The van der Waals surface area contributed by atoms with Crippen molar-refractivity contribution in [3.63, 3.8) is 0 Å². The van der Waals surface area contributed by atoms with Gasteiger partial charge in [0.1, 0.15) is 29.6 Å². The minimum absolute atomic E-state index is 0.0212. The summed E-state index contributed by atoms with van der Waals surface area (Å²) in [6.07, 6.45) is 10.5. The number of likely N-dealkylation sites (N-methyl/N-ethyl adjacent to an activating group) is 1. The maximum atomic E-state index is 11.9. The summed E-state index contributed by atoms with van der Waals surface area (Å²) in [4.78, 5) is 36.8. The summed E-state index contributed by atoms with van der Waals surface area (Å²) in [5.74, 6) is 15.1. The zero-order valence-corrected chi connectivity index (χ0v) is 91.1. The van der Waals surface area contributed by atoms with Crippen LogP contribution in [0.1, 0.15) is 79.6 Å². The first kappa shape index (κ1) is 126. The molecule has 0 aromatic heterocycles. The number of rotatable bonds is 37. The first-order valence-corrected chi connectivity index (χ1v) is 50.5. The molecule has 14 rings (SSSR count). The van der Waals surface area contributed by atoms with Crippen LogP contribution >= 0.6 is 11.6 Å². The van der Waals surface area contributed by atoms with Gasteiger partial charge in [-0.05, 0) is 222 Å². The molecule has 808 valence electrons. The fourth-order valence-corrected chi connectivity index (χ4v) is 13.9. The number of nitrogens with zero attached hydrogens (tertiary/aromatic N) is 3. The maximum absolute atomic E-state index is 11.9. The number of para-hydroxylation sites is 20. The summed E-state index contributed by atoms with van der Waals surface area (Å²) in [5, 5.41) is 18.0. The smallest absolute Gasteiger partial charge is 0.341 e. The van der Waals surface area contributed by atoms with Gasteiger partial charge in [-0.25, -0.2) is 17.5 Å². The number of phenols is 1. The molecule has 2 aliphatic rings. The van der Waals surface area contributed by atoms with E-state index < -0.39 is 16.0 Å². The van der Waals surface area contributed by atoms with E-state index in [-0.39, 0.29) is 37.4 Å². The third-order valence-corrected chi connectivity index (χ3v) is 22.5. The minimum atomic E-state index is -3.05. The van der Waals surface area contributed by atoms with E-state index in [1.165, 1.54) is 41.7 Å². The molecule has 0 saturated carbocycles. The number of halogens is 1. The first-order chi connectivity index (χ1) is 72.0. The van der Waals surface area contributed by atoms with Crippen molar-refractivity contribution in [2.24, 2.45) is 11.8 Å². The highest BCUT2D eigenvalue weighted by molar-refractivity contribution is 7.88. The Hall–Kier alpha value is -15.2. The van der Waals surface area contributed by atoms with Crippen molar-refractivity contribution in [2.45, 2.75) is 79.6 Å². The van der Waals surface area contributed by atoms with E-state index in [9.17, 15) is 22.8 Å². The van der Waals surface area contributed by atoms with E-state index in [2.05, 4.69) is 20.8 Å². The predicted octanol–water partition coefficient (Wildman–Crippen LogP) is 23.7. The van der Waals surface area contributed by atoms with Crippen LogP contribution < -0.4 is 94.7 Å². The molecular weight excluding hydrogens is 1950 g/mol. The third-order valence-electron chi connectivity index (χ3n) is 20.9. The quantitative estimate of drug-likeness (QED) is 0.0342. The van der Waals surface area contributed by atoms with Gasteiger partial charge in [0.15, 0.2) is 123 Å². The monoisotopic (exact) mass is 2100 g/mol. The van der Waals surface area contributed by atoms with Crippen molar-refractivity contribution < 1.29 is 128 Å². The second kappa shape index (κ2) is 75.5. The van der Waals surface area contributed by atoms with Gasteiger partial charge >= 0.3 is 5.97 Å². The zero-order chi connectivity index (χ0) is 109. The van der Waals surface area contributed by atoms with Crippen molar-refractivity contribution in [3.05, 3.63) is 314 Å². The van der Waals surface area contributed by atoms with E-state index >= 15 is 0 Å². The summed E-state index contributed by atoms with van der Waals surface area (Å²) >= 11 is 5.70. The summed E-state index contributed by atoms with van der Waals surface area (Å²) in [6.45, 7) is 15.9. The number of aliphatic carboxylic acids is 1. The number of carboxylic acids is 1. The van der Waals surface area contributed by atoms with E-state index in [1.54, 1.807) is 152 Å². The molecule has 2 aliphatic heterocycles. The molecule has 2 heterocycles. The summed E-state index contributed by atoms with van der Waals surface area (Å²) in [5.41, 5.74) is 1.25. The molecule has 149 heavy (non-hydrogen) atoms. The average Bonchev–Trinajstić information content (AvgIpc) is 0.855. The van der Waals surface area contributed by atoms with Crippen LogP contribution in [-0.4, -0.2) is 229 Å². The van der Waals surface area contributed by atoms with E-state index in [4.69, 9.17) is 117 Å². The lowest BCUT2D eigenvalue weighted by atomic mass is 9.99. The van der Waals surface area contributed by atoms with Crippen LogP contribution in [0.15, 0.2) is 309 Å². The fourth-order valence-electron chi connectivity index (χ4n) is 12.8. The lowest BCUT2D eigenvalue weighted by Gasteiger charge is -2.30.